The smallest absolute Gasteiger partial charge is 0.419 e. The van der Waals surface area contributed by atoms with Crippen LogP contribution >= 0.6 is 0 Å². The third kappa shape index (κ3) is 5.56. The standard InChI is InChI=1S/C25H28F4N4O3/c1-13(17-9-15(30)10-19(23(17)26)25(27,28)29)31-24-18-11-22(36-8-7-35-16-5-4-6-16)21(34-3)12-20(18)32-14(2)33-24/h9-13,16H,4-8,30H2,1-3H3,(H,31,32,33)/t13-/m1/s1. The number of nitrogen functional groups attached to an aromatic ring is 1. The van der Waals surface area contributed by atoms with Crippen LogP contribution < -0.4 is 20.5 Å². The van der Waals surface area contributed by atoms with E-state index in [9.17, 15) is 17.6 Å². The summed E-state index contributed by atoms with van der Waals surface area (Å²) in [5.41, 5.74) is 4.33. The summed E-state index contributed by atoms with van der Waals surface area (Å²) in [6, 6.07) is 4.24. The minimum absolute atomic E-state index is 0.194. The molecule has 0 spiro atoms. The lowest BCUT2D eigenvalue weighted by Crippen LogP contribution is -2.23. The molecule has 36 heavy (non-hydrogen) atoms. The average molecular weight is 509 g/mol. The van der Waals surface area contributed by atoms with Gasteiger partial charge in [-0.25, -0.2) is 14.4 Å². The third-order valence-electron chi connectivity index (χ3n) is 6.09. The van der Waals surface area contributed by atoms with E-state index in [1.165, 1.54) is 26.5 Å². The van der Waals surface area contributed by atoms with Crippen molar-refractivity contribution >= 4 is 22.4 Å². The summed E-state index contributed by atoms with van der Waals surface area (Å²) in [6.45, 7) is 3.93. The van der Waals surface area contributed by atoms with E-state index < -0.39 is 23.6 Å². The maximum atomic E-state index is 14.8. The number of ether oxygens (including phenoxy) is 3. The third-order valence-corrected chi connectivity index (χ3v) is 6.09. The van der Waals surface area contributed by atoms with Crippen LogP contribution in [0.3, 0.4) is 0 Å². The fourth-order valence-corrected chi connectivity index (χ4v) is 4.01. The highest BCUT2D eigenvalue weighted by atomic mass is 19.4. The quantitative estimate of drug-likeness (QED) is 0.214. The first-order valence-electron chi connectivity index (χ1n) is 11.6. The number of halogens is 4. The molecule has 194 valence electrons. The van der Waals surface area contributed by atoms with Crippen molar-refractivity contribution in [2.24, 2.45) is 0 Å². The van der Waals surface area contributed by atoms with Crippen molar-refractivity contribution in [1.29, 1.82) is 0 Å². The zero-order valence-corrected chi connectivity index (χ0v) is 20.2. The highest BCUT2D eigenvalue weighted by Crippen LogP contribution is 2.38. The number of fused-ring (bicyclic) bond motifs is 1. The Morgan fingerprint density at radius 2 is 1.86 bits per heavy atom. The normalized spacial score (nSPS) is 15.0. The number of aryl methyl sites for hydroxylation is 1. The van der Waals surface area contributed by atoms with E-state index in [0.29, 0.717) is 53.3 Å². The Morgan fingerprint density at radius 1 is 1.11 bits per heavy atom. The van der Waals surface area contributed by atoms with Gasteiger partial charge in [0.05, 0.1) is 36.9 Å². The minimum atomic E-state index is -4.88. The molecule has 1 saturated carbocycles. The van der Waals surface area contributed by atoms with Crippen LogP contribution in [0.25, 0.3) is 10.9 Å². The van der Waals surface area contributed by atoms with Gasteiger partial charge in [0.2, 0.25) is 0 Å². The van der Waals surface area contributed by atoms with Crippen molar-refractivity contribution in [3.63, 3.8) is 0 Å². The van der Waals surface area contributed by atoms with Crippen LogP contribution in [0.15, 0.2) is 24.3 Å². The molecule has 1 aromatic heterocycles. The van der Waals surface area contributed by atoms with Crippen LogP contribution in [0.4, 0.5) is 29.1 Å². The monoisotopic (exact) mass is 508 g/mol. The van der Waals surface area contributed by atoms with E-state index in [1.54, 1.807) is 19.1 Å². The van der Waals surface area contributed by atoms with Gasteiger partial charge in [0, 0.05) is 22.7 Å². The molecule has 3 aromatic rings. The number of alkyl halides is 3. The molecule has 3 N–H and O–H groups in total. The Bertz CT molecular complexity index is 1250. The molecule has 1 heterocycles. The first-order chi connectivity index (χ1) is 17.1. The molecule has 0 saturated heterocycles. The molecule has 4 rings (SSSR count). The maximum Gasteiger partial charge on any atom is 0.419 e. The van der Waals surface area contributed by atoms with Gasteiger partial charge in [-0.15, -0.1) is 0 Å². The van der Waals surface area contributed by atoms with Crippen molar-refractivity contribution < 1.29 is 31.8 Å². The number of nitrogens with one attached hydrogen (secondary N) is 1. The van der Waals surface area contributed by atoms with E-state index >= 15 is 0 Å². The van der Waals surface area contributed by atoms with E-state index in [0.717, 1.165) is 12.8 Å². The molecular formula is C25H28F4N4O3. The predicted octanol–water partition coefficient (Wildman–Crippen LogP) is 5.81. The van der Waals surface area contributed by atoms with Crippen LogP contribution in [-0.4, -0.2) is 36.4 Å². The zero-order valence-electron chi connectivity index (χ0n) is 20.2. The molecular weight excluding hydrogens is 480 g/mol. The maximum absolute atomic E-state index is 14.8. The van der Waals surface area contributed by atoms with Crippen LogP contribution in [0, 0.1) is 12.7 Å². The van der Waals surface area contributed by atoms with Crippen molar-refractivity contribution in [3.05, 3.63) is 47.0 Å². The minimum Gasteiger partial charge on any atom is -0.493 e. The van der Waals surface area contributed by atoms with E-state index in [1.807, 2.05) is 0 Å². The Hall–Kier alpha value is -3.34. The number of methoxy groups -OCH3 is 1. The summed E-state index contributed by atoms with van der Waals surface area (Å²) in [5.74, 6) is 0.216. The van der Waals surface area contributed by atoms with Gasteiger partial charge in [0.1, 0.15) is 24.1 Å². The topological polar surface area (TPSA) is 91.5 Å². The summed E-state index contributed by atoms with van der Waals surface area (Å²) in [5, 5.41) is 3.55. The van der Waals surface area contributed by atoms with Gasteiger partial charge in [0.25, 0.3) is 0 Å². The highest BCUT2D eigenvalue weighted by Gasteiger charge is 2.36. The van der Waals surface area contributed by atoms with Gasteiger partial charge in [-0.05, 0) is 51.3 Å². The van der Waals surface area contributed by atoms with E-state index in [2.05, 4.69) is 15.3 Å². The second-order valence-electron chi connectivity index (χ2n) is 8.75. The Morgan fingerprint density at radius 3 is 2.50 bits per heavy atom. The fourth-order valence-electron chi connectivity index (χ4n) is 4.01. The van der Waals surface area contributed by atoms with Gasteiger partial charge >= 0.3 is 6.18 Å². The number of benzene rings is 2. The molecule has 1 aliphatic rings. The number of nitrogens with zero attached hydrogens (tertiary/aromatic N) is 2. The fraction of sp³-hybridized carbons (Fsp3) is 0.440. The van der Waals surface area contributed by atoms with E-state index in [-0.39, 0.29) is 17.4 Å². The lowest BCUT2D eigenvalue weighted by molar-refractivity contribution is -0.140. The molecule has 1 aliphatic carbocycles. The molecule has 1 fully saturated rings. The second-order valence-corrected chi connectivity index (χ2v) is 8.75. The first kappa shape index (κ1) is 25.7. The molecule has 7 nitrogen and oxygen atoms in total. The molecule has 1 atom stereocenters. The number of anilines is 2. The Kier molecular flexibility index (Phi) is 7.39. The highest BCUT2D eigenvalue weighted by molar-refractivity contribution is 5.92. The molecule has 2 aromatic carbocycles. The lowest BCUT2D eigenvalue weighted by Gasteiger charge is -2.25. The van der Waals surface area contributed by atoms with Gasteiger partial charge in [-0.3, -0.25) is 0 Å². The molecule has 0 radical (unpaired) electrons. The molecule has 0 amide bonds. The lowest BCUT2D eigenvalue weighted by atomic mass is 9.96. The number of nitrogens with two attached hydrogens (primary N) is 1. The molecule has 11 heteroatoms. The number of hydrogen-bond acceptors (Lipinski definition) is 7. The largest absolute Gasteiger partial charge is 0.493 e. The second kappa shape index (κ2) is 10.3. The van der Waals surface area contributed by atoms with Gasteiger partial charge in [0.15, 0.2) is 11.5 Å². The van der Waals surface area contributed by atoms with E-state index in [4.69, 9.17) is 19.9 Å². The van der Waals surface area contributed by atoms with Crippen LogP contribution in [0.1, 0.15) is 49.2 Å². The van der Waals surface area contributed by atoms with Gasteiger partial charge in [-0.2, -0.15) is 13.2 Å². The van der Waals surface area contributed by atoms with Gasteiger partial charge < -0.3 is 25.3 Å². The molecule has 0 aliphatic heterocycles. The van der Waals surface area contributed by atoms with Crippen molar-refractivity contribution in [2.75, 3.05) is 31.4 Å². The van der Waals surface area contributed by atoms with Crippen LogP contribution in [0.2, 0.25) is 0 Å². The number of aromatic nitrogens is 2. The van der Waals surface area contributed by atoms with Crippen molar-refractivity contribution in [2.45, 2.75) is 51.4 Å². The first-order valence-corrected chi connectivity index (χ1v) is 11.6. The van der Waals surface area contributed by atoms with Gasteiger partial charge in [-0.1, -0.05) is 0 Å². The van der Waals surface area contributed by atoms with Crippen LogP contribution in [-0.2, 0) is 10.9 Å². The summed E-state index contributed by atoms with van der Waals surface area (Å²) in [4.78, 5) is 8.83. The molecule has 0 bridgehead atoms. The number of hydrogen-bond donors (Lipinski definition) is 2. The Balaban J connectivity index is 1.64. The van der Waals surface area contributed by atoms with Crippen LogP contribution in [0.5, 0.6) is 11.5 Å². The Labute approximate surface area is 206 Å². The predicted molar refractivity (Wildman–Crippen MR) is 128 cm³/mol. The summed E-state index contributed by atoms with van der Waals surface area (Å²) < 4.78 is 71.8. The zero-order chi connectivity index (χ0) is 26.0. The SMILES string of the molecule is COc1cc2nc(C)nc(N[C@H](C)c3cc(N)cc(C(F)(F)F)c3F)c2cc1OCCOC1CCC1. The molecule has 0 unspecified atom stereocenters. The van der Waals surface area contributed by atoms with Crippen molar-refractivity contribution in [1.82, 2.24) is 9.97 Å². The average Bonchev–Trinajstić information content (AvgIpc) is 2.77. The summed E-state index contributed by atoms with van der Waals surface area (Å²) >= 11 is 0. The van der Waals surface area contributed by atoms with Crippen molar-refractivity contribution in [3.8, 4) is 11.5 Å². The summed E-state index contributed by atoms with van der Waals surface area (Å²) in [6.07, 6.45) is -1.31. The number of rotatable bonds is 9. The summed E-state index contributed by atoms with van der Waals surface area (Å²) in [7, 11) is 1.51.